The summed E-state index contributed by atoms with van der Waals surface area (Å²) in [4.78, 5) is 13.2. The third-order valence-electron chi connectivity index (χ3n) is 2.01. The lowest BCUT2D eigenvalue weighted by molar-refractivity contribution is 0.0926. The highest BCUT2D eigenvalue weighted by atomic mass is 16.6. The Morgan fingerprint density at radius 1 is 1.36 bits per heavy atom. The van der Waals surface area contributed by atoms with E-state index in [2.05, 4.69) is 5.32 Å². The largest absolute Gasteiger partial charge is 0.446 e. The molecule has 0 aliphatic carbocycles. The van der Waals surface area contributed by atoms with Gasteiger partial charge in [0, 0.05) is 13.1 Å². The average Bonchev–Trinajstić information content (AvgIpc) is 2.13. The second-order valence-corrected chi connectivity index (χ2v) is 3.57. The molecule has 0 unspecified atom stereocenters. The molecular weight excluding hydrogens is 180 g/mol. The van der Waals surface area contributed by atoms with Crippen LogP contribution in [0.2, 0.25) is 0 Å². The van der Waals surface area contributed by atoms with Crippen LogP contribution < -0.4 is 5.32 Å². The van der Waals surface area contributed by atoms with E-state index in [0.29, 0.717) is 6.54 Å². The van der Waals surface area contributed by atoms with Gasteiger partial charge in [-0.2, -0.15) is 0 Å². The van der Waals surface area contributed by atoms with Crippen molar-refractivity contribution in [2.24, 2.45) is 0 Å². The molecule has 1 N–H and O–H groups in total. The normalized spacial score (nSPS) is 10.7. The number of ether oxygens (including phenoxy) is 1. The van der Waals surface area contributed by atoms with Crippen LogP contribution in [0.4, 0.5) is 4.79 Å². The summed E-state index contributed by atoms with van der Waals surface area (Å²) in [5, 5.41) is 2.71. The van der Waals surface area contributed by atoms with E-state index < -0.39 is 0 Å². The summed E-state index contributed by atoms with van der Waals surface area (Å²) in [6.45, 7) is 5.49. The highest BCUT2D eigenvalue weighted by Crippen LogP contribution is 2.02. The lowest BCUT2D eigenvalue weighted by Gasteiger charge is -2.15. The van der Waals surface area contributed by atoms with Crippen molar-refractivity contribution in [3.63, 3.8) is 0 Å². The van der Waals surface area contributed by atoms with E-state index in [1.54, 1.807) is 0 Å². The van der Waals surface area contributed by atoms with E-state index in [1.165, 1.54) is 0 Å². The fourth-order valence-corrected chi connectivity index (χ4v) is 1.03. The number of nitrogens with one attached hydrogen (secondary N) is 1. The zero-order chi connectivity index (χ0) is 11.0. The first-order chi connectivity index (χ1) is 6.60. The molecule has 0 radical (unpaired) electrons. The standard InChI is InChI=1S/C10H22N2O2/c1-5-9(6-2)14-10(13)11-7-8-12(3)4/h9H,5-8H2,1-4H3,(H,11,13). The summed E-state index contributed by atoms with van der Waals surface area (Å²) < 4.78 is 5.16. The summed E-state index contributed by atoms with van der Waals surface area (Å²) >= 11 is 0. The molecule has 1 amide bonds. The van der Waals surface area contributed by atoms with Crippen LogP contribution in [0.1, 0.15) is 26.7 Å². The predicted molar refractivity (Wildman–Crippen MR) is 57.4 cm³/mol. The SMILES string of the molecule is CCC(CC)OC(=O)NCCN(C)C. The van der Waals surface area contributed by atoms with Crippen molar-refractivity contribution in [2.45, 2.75) is 32.8 Å². The van der Waals surface area contributed by atoms with Crippen LogP contribution in [0.3, 0.4) is 0 Å². The summed E-state index contributed by atoms with van der Waals surface area (Å²) in [7, 11) is 3.93. The van der Waals surface area contributed by atoms with Gasteiger partial charge in [-0.25, -0.2) is 4.79 Å². The number of nitrogens with zero attached hydrogens (tertiary/aromatic N) is 1. The number of hydrogen-bond acceptors (Lipinski definition) is 3. The third kappa shape index (κ3) is 6.71. The lowest BCUT2D eigenvalue weighted by atomic mass is 10.2. The Hall–Kier alpha value is -0.770. The predicted octanol–water partition coefficient (Wildman–Crippen LogP) is 1.46. The molecule has 0 saturated carbocycles. The highest BCUT2D eigenvalue weighted by Gasteiger charge is 2.09. The van der Waals surface area contributed by atoms with E-state index >= 15 is 0 Å². The minimum absolute atomic E-state index is 0.0503. The summed E-state index contributed by atoms with van der Waals surface area (Å²) in [6, 6.07) is 0. The van der Waals surface area contributed by atoms with Gasteiger partial charge < -0.3 is 15.0 Å². The number of hydrogen-bond donors (Lipinski definition) is 1. The number of likely N-dealkylation sites (N-methyl/N-ethyl adjacent to an activating group) is 1. The number of carbonyl (C=O) groups is 1. The van der Waals surface area contributed by atoms with Gasteiger partial charge in [0.2, 0.25) is 0 Å². The molecule has 0 aromatic heterocycles. The van der Waals surface area contributed by atoms with E-state index in [4.69, 9.17) is 4.74 Å². The maximum atomic E-state index is 11.2. The number of carbonyl (C=O) groups excluding carboxylic acids is 1. The number of rotatable bonds is 6. The van der Waals surface area contributed by atoms with Crippen molar-refractivity contribution in [1.82, 2.24) is 10.2 Å². The first-order valence-electron chi connectivity index (χ1n) is 5.19. The molecule has 14 heavy (non-hydrogen) atoms. The van der Waals surface area contributed by atoms with Gasteiger partial charge in [0.1, 0.15) is 6.10 Å². The highest BCUT2D eigenvalue weighted by molar-refractivity contribution is 5.67. The van der Waals surface area contributed by atoms with Crippen molar-refractivity contribution in [1.29, 1.82) is 0 Å². The minimum atomic E-state index is -0.305. The first kappa shape index (κ1) is 13.2. The zero-order valence-electron chi connectivity index (χ0n) is 9.67. The van der Waals surface area contributed by atoms with Gasteiger partial charge in [-0.05, 0) is 26.9 Å². The Bertz CT molecular complexity index is 156. The molecule has 0 heterocycles. The maximum Gasteiger partial charge on any atom is 0.407 e. The van der Waals surface area contributed by atoms with Crippen molar-refractivity contribution >= 4 is 6.09 Å². The molecule has 0 rings (SSSR count). The lowest BCUT2D eigenvalue weighted by Crippen LogP contribution is -2.33. The molecule has 0 atom stereocenters. The van der Waals surface area contributed by atoms with Crippen molar-refractivity contribution in [3.05, 3.63) is 0 Å². The van der Waals surface area contributed by atoms with Crippen molar-refractivity contribution in [2.75, 3.05) is 27.2 Å². The van der Waals surface area contributed by atoms with Crippen LogP contribution in [0.25, 0.3) is 0 Å². The average molecular weight is 202 g/mol. The molecule has 0 aliphatic heterocycles. The molecule has 0 spiro atoms. The zero-order valence-corrected chi connectivity index (χ0v) is 9.67. The van der Waals surface area contributed by atoms with Crippen LogP contribution in [-0.4, -0.2) is 44.3 Å². The maximum absolute atomic E-state index is 11.2. The molecule has 0 fully saturated rings. The quantitative estimate of drug-likeness (QED) is 0.709. The molecule has 0 aliphatic rings. The number of amides is 1. The van der Waals surface area contributed by atoms with E-state index in [1.807, 2.05) is 32.8 Å². The van der Waals surface area contributed by atoms with Crippen molar-refractivity contribution in [3.8, 4) is 0 Å². The second-order valence-electron chi connectivity index (χ2n) is 3.57. The van der Waals surface area contributed by atoms with Gasteiger partial charge in [-0.1, -0.05) is 13.8 Å². The summed E-state index contributed by atoms with van der Waals surface area (Å²) in [6.07, 6.45) is 1.49. The second kappa shape index (κ2) is 7.62. The molecular formula is C10H22N2O2. The van der Waals surface area contributed by atoms with Gasteiger partial charge in [0.25, 0.3) is 0 Å². The molecule has 0 bridgehead atoms. The van der Waals surface area contributed by atoms with Crippen LogP contribution in [0, 0.1) is 0 Å². The number of alkyl carbamates (subject to hydrolysis) is 1. The van der Waals surface area contributed by atoms with Crippen LogP contribution >= 0.6 is 0 Å². The Morgan fingerprint density at radius 3 is 2.36 bits per heavy atom. The topological polar surface area (TPSA) is 41.6 Å². The van der Waals surface area contributed by atoms with Crippen LogP contribution in [0.5, 0.6) is 0 Å². The van der Waals surface area contributed by atoms with Crippen LogP contribution in [-0.2, 0) is 4.74 Å². The molecule has 0 saturated heterocycles. The minimum Gasteiger partial charge on any atom is -0.446 e. The fourth-order valence-electron chi connectivity index (χ4n) is 1.03. The Morgan fingerprint density at radius 2 is 1.93 bits per heavy atom. The van der Waals surface area contributed by atoms with Gasteiger partial charge in [0.05, 0.1) is 0 Å². The Balaban J connectivity index is 3.54. The van der Waals surface area contributed by atoms with Gasteiger partial charge in [-0.3, -0.25) is 0 Å². The van der Waals surface area contributed by atoms with Gasteiger partial charge >= 0.3 is 6.09 Å². The molecule has 84 valence electrons. The molecule has 0 aromatic rings. The first-order valence-corrected chi connectivity index (χ1v) is 5.19. The van der Waals surface area contributed by atoms with Gasteiger partial charge in [-0.15, -0.1) is 0 Å². The van der Waals surface area contributed by atoms with Gasteiger partial charge in [0.15, 0.2) is 0 Å². The monoisotopic (exact) mass is 202 g/mol. The van der Waals surface area contributed by atoms with Crippen molar-refractivity contribution < 1.29 is 9.53 Å². The Labute approximate surface area is 86.6 Å². The molecule has 0 aromatic carbocycles. The summed E-state index contributed by atoms with van der Waals surface area (Å²) in [5.41, 5.74) is 0. The third-order valence-corrected chi connectivity index (χ3v) is 2.01. The smallest absolute Gasteiger partial charge is 0.407 e. The van der Waals surface area contributed by atoms with E-state index in [-0.39, 0.29) is 12.2 Å². The fraction of sp³-hybridized carbons (Fsp3) is 0.900. The van der Waals surface area contributed by atoms with E-state index in [0.717, 1.165) is 19.4 Å². The van der Waals surface area contributed by atoms with Crippen LogP contribution in [0.15, 0.2) is 0 Å². The summed E-state index contributed by atoms with van der Waals surface area (Å²) in [5.74, 6) is 0. The molecule has 4 nitrogen and oxygen atoms in total. The molecule has 4 heteroatoms. The Kier molecular flexibility index (Phi) is 7.20. The van der Waals surface area contributed by atoms with E-state index in [9.17, 15) is 4.79 Å².